The van der Waals surface area contributed by atoms with Crippen LogP contribution in [-0.2, 0) is 0 Å². The molecule has 0 saturated heterocycles. The highest BCUT2D eigenvalue weighted by molar-refractivity contribution is 4.79. The molecule has 0 heterocycles. The van der Waals surface area contributed by atoms with Crippen molar-refractivity contribution in [3.8, 4) is 0 Å². The van der Waals surface area contributed by atoms with Crippen LogP contribution >= 0.6 is 0 Å². The van der Waals surface area contributed by atoms with Crippen LogP contribution in [0.2, 0.25) is 0 Å². The second kappa shape index (κ2) is 6.39. The summed E-state index contributed by atoms with van der Waals surface area (Å²) in [7, 11) is 0. The summed E-state index contributed by atoms with van der Waals surface area (Å²) in [5.74, 6) is 1.94. The van der Waals surface area contributed by atoms with Crippen LogP contribution in [0.4, 0.5) is 0 Å². The van der Waals surface area contributed by atoms with E-state index in [1.807, 2.05) is 0 Å². The molecule has 1 aliphatic rings. The Bertz CT molecular complexity index is 121. The lowest BCUT2D eigenvalue weighted by atomic mass is 10.1. The molecule has 2 N–H and O–H groups in total. The Morgan fingerprint density at radius 3 is 2.54 bits per heavy atom. The highest BCUT2D eigenvalue weighted by atomic mass is 14.9. The van der Waals surface area contributed by atoms with Gasteiger partial charge in [-0.25, -0.2) is 0 Å². The highest BCUT2D eigenvalue weighted by Gasteiger charge is 2.27. The van der Waals surface area contributed by atoms with E-state index in [2.05, 4.69) is 24.5 Å². The summed E-state index contributed by atoms with van der Waals surface area (Å²) in [6, 6.07) is 0. The summed E-state index contributed by atoms with van der Waals surface area (Å²) < 4.78 is 0. The van der Waals surface area contributed by atoms with Crippen molar-refractivity contribution in [2.75, 3.05) is 26.2 Å². The molecule has 0 aromatic heterocycles. The zero-order chi connectivity index (χ0) is 9.52. The molecule has 0 bridgehead atoms. The maximum Gasteiger partial charge on any atom is -0.00205 e. The first-order valence-electron chi connectivity index (χ1n) is 5.76. The zero-order valence-corrected chi connectivity index (χ0v) is 9.10. The van der Waals surface area contributed by atoms with Crippen molar-refractivity contribution in [3.05, 3.63) is 0 Å². The van der Waals surface area contributed by atoms with Crippen molar-refractivity contribution in [3.63, 3.8) is 0 Å². The first kappa shape index (κ1) is 11.0. The van der Waals surface area contributed by atoms with Gasteiger partial charge in [-0.15, -0.1) is 0 Å². The van der Waals surface area contributed by atoms with Crippen molar-refractivity contribution in [2.45, 2.75) is 33.1 Å². The molecule has 1 atom stereocenters. The van der Waals surface area contributed by atoms with Gasteiger partial charge in [0, 0.05) is 0 Å². The van der Waals surface area contributed by atoms with Crippen molar-refractivity contribution in [1.29, 1.82) is 0 Å². The second-order valence-corrected chi connectivity index (χ2v) is 4.23. The van der Waals surface area contributed by atoms with E-state index < -0.39 is 0 Å². The third-order valence-electron chi connectivity index (χ3n) is 2.85. The fourth-order valence-corrected chi connectivity index (χ4v) is 1.68. The fraction of sp³-hybridized carbons (Fsp3) is 1.00. The van der Waals surface area contributed by atoms with Gasteiger partial charge in [0.25, 0.3) is 0 Å². The van der Waals surface area contributed by atoms with Gasteiger partial charge in [-0.05, 0) is 57.3 Å². The molecular weight excluding hydrogens is 160 g/mol. The monoisotopic (exact) mass is 184 g/mol. The Morgan fingerprint density at radius 1 is 1.23 bits per heavy atom. The van der Waals surface area contributed by atoms with Crippen LogP contribution in [0.1, 0.15) is 33.1 Å². The molecule has 0 aromatic carbocycles. The fourth-order valence-electron chi connectivity index (χ4n) is 1.68. The summed E-state index contributed by atoms with van der Waals surface area (Å²) in [6.45, 7) is 9.16. The molecule has 1 aliphatic carbocycles. The topological polar surface area (TPSA) is 24.1 Å². The van der Waals surface area contributed by atoms with E-state index in [0.717, 1.165) is 24.9 Å². The van der Waals surface area contributed by atoms with Gasteiger partial charge in [0.05, 0.1) is 0 Å². The molecule has 0 aromatic rings. The average Bonchev–Trinajstić information content (AvgIpc) is 2.93. The minimum atomic E-state index is 0.902. The van der Waals surface area contributed by atoms with E-state index in [-0.39, 0.29) is 0 Å². The first-order valence-corrected chi connectivity index (χ1v) is 5.76. The zero-order valence-electron chi connectivity index (χ0n) is 9.10. The molecular formula is C11H24N2. The van der Waals surface area contributed by atoms with Crippen LogP contribution in [-0.4, -0.2) is 26.2 Å². The molecule has 0 radical (unpaired) electrons. The number of hydrogen-bond donors (Lipinski definition) is 2. The predicted molar refractivity (Wildman–Crippen MR) is 57.9 cm³/mol. The lowest BCUT2D eigenvalue weighted by Crippen LogP contribution is -2.26. The second-order valence-electron chi connectivity index (χ2n) is 4.23. The normalized spacial score (nSPS) is 18.9. The third kappa shape index (κ3) is 5.27. The summed E-state index contributed by atoms with van der Waals surface area (Å²) in [5.41, 5.74) is 0. The summed E-state index contributed by atoms with van der Waals surface area (Å²) >= 11 is 0. The van der Waals surface area contributed by atoms with Gasteiger partial charge in [0.15, 0.2) is 0 Å². The Balaban J connectivity index is 1.77. The van der Waals surface area contributed by atoms with Gasteiger partial charge in [-0.1, -0.05) is 13.8 Å². The standard InChI is InChI=1S/C11H24N2/c1-3-12-7-4-8-13-9-10(2)11-5-6-11/h10-13H,3-9H2,1-2H3. The van der Waals surface area contributed by atoms with Crippen LogP contribution in [0.3, 0.4) is 0 Å². The molecule has 2 nitrogen and oxygen atoms in total. The minimum Gasteiger partial charge on any atom is -0.317 e. The van der Waals surface area contributed by atoms with Crippen molar-refractivity contribution in [1.82, 2.24) is 10.6 Å². The van der Waals surface area contributed by atoms with Crippen molar-refractivity contribution >= 4 is 0 Å². The predicted octanol–water partition coefficient (Wildman–Crippen LogP) is 1.62. The Labute approximate surface area is 82.5 Å². The van der Waals surface area contributed by atoms with Crippen molar-refractivity contribution in [2.24, 2.45) is 11.8 Å². The Morgan fingerprint density at radius 2 is 1.92 bits per heavy atom. The van der Waals surface area contributed by atoms with Crippen LogP contribution in [0.5, 0.6) is 0 Å². The van der Waals surface area contributed by atoms with E-state index in [0.29, 0.717) is 0 Å². The van der Waals surface area contributed by atoms with Crippen molar-refractivity contribution < 1.29 is 0 Å². The lowest BCUT2D eigenvalue weighted by molar-refractivity contribution is 0.457. The smallest absolute Gasteiger partial charge is 0.00205 e. The summed E-state index contributed by atoms with van der Waals surface area (Å²) in [4.78, 5) is 0. The summed E-state index contributed by atoms with van der Waals surface area (Å²) in [5, 5.41) is 6.86. The molecule has 0 aliphatic heterocycles. The SMILES string of the molecule is CCNCCCNCC(C)C1CC1. The molecule has 2 heteroatoms. The van der Waals surface area contributed by atoms with Crippen LogP contribution in [0.15, 0.2) is 0 Å². The van der Waals surface area contributed by atoms with Gasteiger partial charge < -0.3 is 10.6 Å². The Kier molecular flexibility index (Phi) is 5.40. The van der Waals surface area contributed by atoms with E-state index in [1.54, 1.807) is 0 Å². The van der Waals surface area contributed by atoms with Crippen LogP contribution < -0.4 is 10.6 Å². The molecule has 0 spiro atoms. The molecule has 1 rings (SSSR count). The van der Waals surface area contributed by atoms with E-state index >= 15 is 0 Å². The van der Waals surface area contributed by atoms with Gasteiger partial charge in [-0.3, -0.25) is 0 Å². The number of nitrogens with one attached hydrogen (secondary N) is 2. The molecule has 1 unspecified atom stereocenters. The van der Waals surface area contributed by atoms with Crippen LogP contribution in [0.25, 0.3) is 0 Å². The molecule has 13 heavy (non-hydrogen) atoms. The number of hydrogen-bond acceptors (Lipinski definition) is 2. The molecule has 1 fully saturated rings. The van der Waals surface area contributed by atoms with E-state index in [4.69, 9.17) is 0 Å². The maximum atomic E-state index is 3.53. The average molecular weight is 184 g/mol. The lowest BCUT2D eigenvalue weighted by Gasteiger charge is -2.11. The quantitative estimate of drug-likeness (QED) is 0.560. The van der Waals surface area contributed by atoms with Gasteiger partial charge in [-0.2, -0.15) is 0 Å². The van der Waals surface area contributed by atoms with Gasteiger partial charge >= 0.3 is 0 Å². The van der Waals surface area contributed by atoms with Gasteiger partial charge in [0.1, 0.15) is 0 Å². The molecule has 0 amide bonds. The highest BCUT2D eigenvalue weighted by Crippen LogP contribution is 2.35. The van der Waals surface area contributed by atoms with Crippen LogP contribution in [0, 0.1) is 11.8 Å². The molecule has 78 valence electrons. The first-order chi connectivity index (χ1) is 6.34. The van der Waals surface area contributed by atoms with E-state index in [9.17, 15) is 0 Å². The van der Waals surface area contributed by atoms with Gasteiger partial charge in [0.2, 0.25) is 0 Å². The minimum absolute atomic E-state index is 0.902. The van der Waals surface area contributed by atoms with E-state index in [1.165, 1.54) is 32.4 Å². The Hall–Kier alpha value is -0.0800. The molecule has 1 saturated carbocycles. The largest absolute Gasteiger partial charge is 0.317 e. The number of rotatable bonds is 8. The maximum absolute atomic E-state index is 3.53. The summed E-state index contributed by atoms with van der Waals surface area (Å²) in [6.07, 6.45) is 4.20. The third-order valence-corrected chi connectivity index (χ3v) is 2.85.